The van der Waals surface area contributed by atoms with Crippen LogP contribution >= 0.6 is 7.82 Å². The lowest BCUT2D eigenvalue weighted by atomic mass is 10.0. The third kappa shape index (κ3) is 24.6. The maximum absolute atomic E-state index is 14.4. The van der Waals surface area contributed by atoms with E-state index in [9.17, 15) is 18.9 Å². The molecule has 0 aliphatic heterocycles. The van der Waals surface area contributed by atoms with Gasteiger partial charge in [-0.05, 0) is 28.7 Å². The van der Waals surface area contributed by atoms with Crippen molar-refractivity contribution < 1.29 is 51.5 Å². The second-order valence-corrected chi connectivity index (χ2v) is 18.1. The van der Waals surface area contributed by atoms with Crippen LogP contribution < -0.4 is 5.32 Å². The molecule has 0 aliphatic rings. The van der Waals surface area contributed by atoms with Crippen LogP contribution in [0, 0.1) is 0 Å². The van der Waals surface area contributed by atoms with Crippen molar-refractivity contribution in [1.82, 2.24) is 5.32 Å². The highest BCUT2D eigenvalue weighted by molar-refractivity contribution is 7.48. The molecule has 360 valence electrons. The Hall–Kier alpha value is -4.84. The quantitative estimate of drug-likeness (QED) is 0.0201. The second kappa shape index (κ2) is 33.6. The average molecular weight is 930 g/mol. The van der Waals surface area contributed by atoms with Gasteiger partial charge >= 0.3 is 25.9 Å². The number of rotatable bonds is 36. The second-order valence-electron chi connectivity index (χ2n) is 16.5. The monoisotopic (exact) mass is 929 g/mol. The van der Waals surface area contributed by atoms with Gasteiger partial charge in [-0.2, -0.15) is 0 Å². The first-order chi connectivity index (χ1) is 32.3. The first kappa shape index (κ1) is 53.8. The van der Waals surface area contributed by atoms with E-state index in [-0.39, 0.29) is 52.0 Å². The molecule has 4 aromatic carbocycles. The molecule has 0 aliphatic carbocycles. The summed E-state index contributed by atoms with van der Waals surface area (Å²) in [6.45, 7) is 0.898. The minimum atomic E-state index is -4.53. The molecular formula is C53H72NO11P. The van der Waals surface area contributed by atoms with Gasteiger partial charge in [0.2, 0.25) is 0 Å². The minimum absolute atomic E-state index is 0.0600. The van der Waals surface area contributed by atoms with Crippen molar-refractivity contribution in [2.75, 3.05) is 19.8 Å². The van der Waals surface area contributed by atoms with E-state index in [0.29, 0.717) is 5.56 Å². The predicted molar refractivity (Wildman–Crippen MR) is 256 cm³/mol. The summed E-state index contributed by atoms with van der Waals surface area (Å²) in [7, 11) is -4.53. The lowest BCUT2D eigenvalue weighted by Crippen LogP contribution is -2.45. The molecule has 0 saturated carbocycles. The maximum Gasteiger partial charge on any atom is 0.475 e. The van der Waals surface area contributed by atoms with Crippen LogP contribution in [0.5, 0.6) is 0 Å². The van der Waals surface area contributed by atoms with E-state index in [4.69, 9.17) is 32.5 Å². The van der Waals surface area contributed by atoms with Crippen molar-refractivity contribution in [3.8, 4) is 0 Å². The van der Waals surface area contributed by atoms with Gasteiger partial charge in [-0.1, -0.05) is 218 Å². The summed E-state index contributed by atoms with van der Waals surface area (Å²) in [6, 6.07) is 35.0. The smallest absolute Gasteiger partial charge is 0.463 e. The van der Waals surface area contributed by atoms with Crippen LogP contribution in [0.3, 0.4) is 0 Å². The lowest BCUT2D eigenvalue weighted by molar-refractivity contribution is -0.149. The van der Waals surface area contributed by atoms with E-state index in [1.54, 1.807) is 60.7 Å². The van der Waals surface area contributed by atoms with Crippen LogP contribution in [-0.4, -0.2) is 50.0 Å². The zero-order valence-corrected chi connectivity index (χ0v) is 39.8. The Labute approximate surface area is 393 Å². The third-order valence-electron chi connectivity index (χ3n) is 10.8. The first-order valence-electron chi connectivity index (χ1n) is 23.9. The molecular weight excluding hydrogens is 858 g/mol. The molecule has 4 aromatic rings. The molecule has 4 rings (SSSR count). The summed E-state index contributed by atoms with van der Waals surface area (Å²) in [5, 5.41) is 2.48. The zero-order chi connectivity index (χ0) is 46.8. The maximum atomic E-state index is 14.4. The zero-order valence-electron chi connectivity index (χ0n) is 38.9. The summed E-state index contributed by atoms with van der Waals surface area (Å²) in [5.74, 6) is -1.23. The van der Waals surface area contributed by atoms with Crippen LogP contribution in [0.25, 0.3) is 0 Å². The summed E-state index contributed by atoms with van der Waals surface area (Å²) in [5.41, 5.74) is 3.00. The highest BCUT2D eigenvalue weighted by Crippen LogP contribution is 2.50. The molecule has 1 N–H and O–H groups in total. The van der Waals surface area contributed by atoms with E-state index in [0.717, 1.165) is 42.4 Å². The molecule has 0 saturated heterocycles. The number of hydrogen-bond acceptors (Lipinski definition) is 11. The number of phosphoric acid groups is 1. The minimum Gasteiger partial charge on any atom is -0.463 e. The van der Waals surface area contributed by atoms with Crippen molar-refractivity contribution in [3.63, 3.8) is 0 Å². The number of amides is 1. The van der Waals surface area contributed by atoms with E-state index in [2.05, 4.69) is 12.2 Å². The van der Waals surface area contributed by atoms with E-state index in [1.165, 1.54) is 70.6 Å². The van der Waals surface area contributed by atoms with Crippen LogP contribution in [0.1, 0.15) is 132 Å². The van der Waals surface area contributed by atoms with Crippen LogP contribution in [-0.2, 0) is 73.1 Å². The number of phosphoric ester groups is 1. The number of unbranched alkanes of at least 4 members (excludes halogenated alkanes) is 14. The molecule has 13 heteroatoms. The number of hydrogen-bond donors (Lipinski definition) is 1. The number of alkyl carbamates (subject to hydrolysis) is 1. The van der Waals surface area contributed by atoms with Crippen LogP contribution in [0.4, 0.5) is 4.79 Å². The molecule has 1 unspecified atom stereocenters. The molecule has 0 bridgehead atoms. The van der Waals surface area contributed by atoms with Crippen LogP contribution in [0.15, 0.2) is 121 Å². The highest BCUT2D eigenvalue weighted by Gasteiger charge is 2.34. The predicted octanol–water partition coefficient (Wildman–Crippen LogP) is 12.8. The molecule has 0 heterocycles. The molecule has 0 aromatic heterocycles. The molecule has 1 amide bonds. The highest BCUT2D eigenvalue weighted by atomic mass is 31.2. The number of ether oxygens (including phenoxy) is 4. The lowest BCUT2D eigenvalue weighted by Gasteiger charge is -2.24. The summed E-state index contributed by atoms with van der Waals surface area (Å²) < 4.78 is 54.7. The first-order valence-corrected chi connectivity index (χ1v) is 25.3. The van der Waals surface area contributed by atoms with Gasteiger partial charge in [-0.25, -0.2) is 14.2 Å². The summed E-state index contributed by atoms with van der Waals surface area (Å²) >= 11 is 0. The number of benzene rings is 4. The average Bonchev–Trinajstić information content (AvgIpc) is 3.35. The van der Waals surface area contributed by atoms with Gasteiger partial charge in [-0.3, -0.25) is 18.4 Å². The van der Waals surface area contributed by atoms with E-state index in [1.807, 2.05) is 60.7 Å². The Bertz CT molecular complexity index is 1920. The molecule has 0 spiro atoms. The molecule has 66 heavy (non-hydrogen) atoms. The number of esters is 2. The number of carbonyl (C=O) groups is 3. The fourth-order valence-corrected chi connectivity index (χ4v) is 8.13. The largest absolute Gasteiger partial charge is 0.475 e. The van der Waals surface area contributed by atoms with Gasteiger partial charge in [0.25, 0.3) is 0 Å². The van der Waals surface area contributed by atoms with Gasteiger partial charge in [0.05, 0.1) is 26.4 Å². The van der Waals surface area contributed by atoms with E-state index < -0.39 is 38.6 Å². The fourth-order valence-electron chi connectivity index (χ4n) is 6.92. The number of nitrogens with one attached hydrogen (secondary N) is 1. The Morgan fingerprint density at radius 2 is 0.894 bits per heavy atom. The standard InChI is InChI=1S/C53H72NO11P/c1-2-3-4-5-6-7-8-9-10-11-12-13-14-15-28-37-51(55)60-42-49(59-38-45-29-20-16-21-30-45)43-64-66(58,63-41-48-35-26-19-27-36-48)65-44-50(52(56)61-39-46-31-22-17-23-32-46)54-53(57)62-40-47-33-24-18-25-34-47/h16-27,29-36,49-50H,2-15,28,37-44H2,1H3,(H,54,57)/t49-,50-,66?/m0/s1. The molecule has 12 nitrogen and oxygen atoms in total. The van der Waals surface area contributed by atoms with Crippen LogP contribution in [0.2, 0.25) is 0 Å². The van der Waals surface area contributed by atoms with Gasteiger partial charge in [0, 0.05) is 6.42 Å². The van der Waals surface area contributed by atoms with Crippen molar-refractivity contribution in [2.24, 2.45) is 0 Å². The van der Waals surface area contributed by atoms with Gasteiger partial charge < -0.3 is 24.3 Å². The van der Waals surface area contributed by atoms with Crippen molar-refractivity contribution in [3.05, 3.63) is 144 Å². The Morgan fingerprint density at radius 3 is 1.39 bits per heavy atom. The van der Waals surface area contributed by atoms with E-state index >= 15 is 0 Å². The fraction of sp³-hybridized carbons (Fsp3) is 0.491. The van der Waals surface area contributed by atoms with Crippen molar-refractivity contribution in [1.29, 1.82) is 0 Å². The summed E-state index contributed by atoms with van der Waals surface area (Å²) in [6.07, 6.45) is 17.0. The van der Waals surface area contributed by atoms with Gasteiger partial charge in [-0.15, -0.1) is 0 Å². The Morgan fingerprint density at radius 1 is 0.470 bits per heavy atom. The SMILES string of the molecule is CCCCCCCCCCCCCCCCCC(=O)OC[C@@H](COP(=O)(OCc1ccccc1)OC[C@H](NC(=O)OCc1ccccc1)C(=O)OCc1ccccc1)OCc1ccccc1. The van der Waals surface area contributed by atoms with Gasteiger partial charge in [0.1, 0.15) is 25.9 Å². The molecule has 0 radical (unpaired) electrons. The summed E-state index contributed by atoms with van der Waals surface area (Å²) in [4.78, 5) is 39.4. The molecule has 3 atom stereocenters. The molecule has 0 fully saturated rings. The Kier molecular flexibility index (Phi) is 27.4. The number of carbonyl (C=O) groups excluding carboxylic acids is 3. The van der Waals surface area contributed by atoms with Gasteiger partial charge in [0.15, 0.2) is 6.04 Å². The van der Waals surface area contributed by atoms with Crippen molar-refractivity contribution >= 4 is 25.9 Å². The van der Waals surface area contributed by atoms with Crippen molar-refractivity contribution in [2.45, 2.75) is 148 Å². The third-order valence-corrected chi connectivity index (χ3v) is 12.2. The topological polar surface area (TPSA) is 145 Å². The Balaban J connectivity index is 1.32. The normalized spacial score (nSPS) is 13.0.